The second kappa shape index (κ2) is 6.29. The maximum absolute atomic E-state index is 12.8. The normalized spacial score (nSPS) is 25.2. The predicted molar refractivity (Wildman–Crippen MR) is 102 cm³/mol. The minimum absolute atomic E-state index is 0.0169. The van der Waals surface area contributed by atoms with Crippen molar-refractivity contribution in [3.05, 3.63) is 22.6 Å². The lowest BCUT2D eigenvalue weighted by Gasteiger charge is -2.32. The number of hydrogen-bond acceptors (Lipinski definition) is 6. The first-order valence-corrected chi connectivity index (χ1v) is 13.0. The molecule has 2 saturated heterocycles. The van der Waals surface area contributed by atoms with Gasteiger partial charge in [0.25, 0.3) is 0 Å². The van der Waals surface area contributed by atoms with E-state index in [1.54, 1.807) is 11.3 Å². The molecular formula is C16H23N3O4S3. The number of hydrogen-bond donors (Lipinski definition) is 0. The second-order valence-corrected chi connectivity index (χ2v) is 12.6. The van der Waals surface area contributed by atoms with E-state index in [2.05, 4.69) is 16.7 Å². The Morgan fingerprint density at radius 2 is 1.88 bits per heavy atom. The molecule has 0 N–H and O–H groups in total. The van der Waals surface area contributed by atoms with Crippen molar-refractivity contribution >= 4 is 36.0 Å². The van der Waals surface area contributed by atoms with Gasteiger partial charge in [-0.05, 0) is 33.1 Å². The number of aromatic nitrogens is 2. The van der Waals surface area contributed by atoms with Crippen LogP contribution in [0, 0.1) is 13.8 Å². The molecule has 7 nitrogen and oxygen atoms in total. The Bertz CT molecular complexity index is 1040. The molecule has 0 aliphatic carbocycles. The van der Waals surface area contributed by atoms with Crippen LogP contribution in [-0.4, -0.2) is 60.4 Å². The van der Waals surface area contributed by atoms with Crippen molar-refractivity contribution in [2.24, 2.45) is 0 Å². The third-order valence-corrected chi connectivity index (χ3v) is 10.9. The largest absolute Gasteiger partial charge is 0.292 e. The Morgan fingerprint density at radius 1 is 1.19 bits per heavy atom. The van der Waals surface area contributed by atoms with Crippen molar-refractivity contribution in [2.75, 3.05) is 24.6 Å². The number of thiazole rings is 1. The highest BCUT2D eigenvalue weighted by Crippen LogP contribution is 2.35. The predicted octanol–water partition coefficient (Wildman–Crippen LogP) is 1.71. The van der Waals surface area contributed by atoms with Crippen molar-refractivity contribution in [3.8, 4) is 0 Å². The summed E-state index contributed by atoms with van der Waals surface area (Å²) in [5, 5.41) is 1.35. The van der Waals surface area contributed by atoms with E-state index in [1.807, 2.05) is 6.92 Å². The molecule has 144 valence electrons. The molecule has 1 atom stereocenters. The van der Waals surface area contributed by atoms with Gasteiger partial charge in [0.05, 0.1) is 22.4 Å². The SMILES string of the molecule is Cc1csc2c(C3CCN(S(=O)(=O)[C@H]4CCS(=O)(=O)C4)CC3)nc(C)n12. The summed E-state index contributed by atoms with van der Waals surface area (Å²) in [6.45, 7) is 4.93. The Labute approximate surface area is 158 Å². The minimum Gasteiger partial charge on any atom is -0.292 e. The molecule has 2 aliphatic heterocycles. The van der Waals surface area contributed by atoms with Crippen molar-refractivity contribution in [1.29, 1.82) is 0 Å². The van der Waals surface area contributed by atoms with Crippen LogP contribution in [0.25, 0.3) is 4.83 Å². The molecule has 0 unspecified atom stereocenters. The highest BCUT2D eigenvalue weighted by atomic mass is 32.2. The second-order valence-electron chi connectivity index (χ2n) is 7.31. The molecule has 26 heavy (non-hydrogen) atoms. The fraction of sp³-hybridized carbons (Fsp3) is 0.688. The molecular weight excluding hydrogens is 394 g/mol. The first-order valence-electron chi connectivity index (χ1n) is 8.81. The monoisotopic (exact) mass is 417 g/mol. The number of rotatable bonds is 3. The van der Waals surface area contributed by atoms with Gasteiger partial charge < -0.3 is 0 Å². The van der Waals surface area contributed by atoms with Crippen LogP contribution in [-0.2, 0) is 19.9 Å². The topological polar surface area (TPSA) is 88.8 Å². The molecule has 2 fully saturated rings. The van der Waals surface area contributed by atoms with Crippen molar-refractivity contribution in [2.45, 2.75) is 44.3 Å². The summed E-state index contributed by atoms with van der Waals surface area (Å²) in [5.41, 5.74) is 2.24. The first kappa shape index (κ1) is 18.4. The van der Waals surface area contributed by atoms with Gasteiger partial charge >= 0.3 is 0 Å². The number of piperidine rings is 1. The van der Waals surface area contributed by atoms with E-state index in [0.29, 0.717) is 13.1 Å². The van der Waals surface area contributed by atoms with Gasteiger partial charge in [-0.15, -0.1) is 11.3 Å². The molecule has 10 heteroatoms. The molecule has 0 bridgehead atoms. The zero-order chi connectivity index (χ0) is 18.7. The number of nitrogens with zero attached hydrogens (tertiary/aromatic N) is 3. The smallest absolute Gasteiger partial charge is 0.218 e. The molecule has 0 aromatic carbocycles. The van der Waals surface area contributed by atoms with E-state index in [4.69, 9.17) is 4.98 Å². The summed E-state index contributed by atoms with van der Waals surface area (Å²) >= 11 is 1.68. The van der Waals surface area contributed by atoms with Crippen LogP contribution in [0.1, 0.15) is 42.4 Å². The van der Waals surface area contributed by atoms with Crippen LogP contribution in [0.15, 0.2) is 5.38 Å². The van der Waals surface area contributed by atoms with Crippen molar-refractivity contribution < 1.29 is 16.8 Å². The van der Waals surface area contributed by atoms with E-state index < -0.39 is 25.1 Å². The summed E-state index contributed by atoms with van der Waals surface area (Å²) in [7, 11) is -6.75. The van der Waals surface area contributed by atoms with Gasteiger partial charge in [-0.1, -0.05) is 0 Å². The number of sulfone groups is 1. The molecule has 0 radical (unpaired) electrons. The summed E-state index contributed by atoms with van der Waals surface area (Å²) in [6.07, 6.45) is 1.67. The van der Waals surface area contributed by atoms with Gasteiger partial charge in [-0.2, -0.15) is 0 Å². The maximum Gasteiger partial charge on any atom is 0.218 e. The number of fused-ring (bicyclic) bond motifs is 1. The van der Waals surface area contributed by atoms with E-state index in [1.165, 1.54) is 10.00 Å². The fourth-order valence-electron chi connectivity index (χ4n) is 4.11. The van der Waals surface area contributed by atoms with Gasteiger partial charge in [0.2, 0.25) is 10.0 Å². The van der Waals surface area contributed by atoms with Gasteiger partial charge in [-0.25, -0.2) is 26.1 Å². The van der Waals surface area contributed by atoms with Gasteiger partial charge in [0.1, 0.15) is 10.7 Å². The summed E-state index contributed by atoms with van der Waals surface area (Å²) < 4.78 is 52.5. The van der Waals surface area contributed by atoms with E-state index >= 15 is 0 Å². The lowest BCUT2D eigenvalue weighted by molar-refractivity contribution is 0.315. The molecule has 4 rings (SSSR count). The third-order valence-electron chi connectivity index (χ3n) is 5.53. The summed E-state index contributed by atoms with van der Waals surface area (Å²) in [6, 6.07) is 0. The number of sulfonamides is 1. The average Bonchev–Trinajstić information content (AvgIpc) is 3.24. The molecule has 0 amide bonds. The van der Waals surface area contributed by atoms with E-state index in [-0.39, 0.29) is 23.8 Å². The average molecular weight is 418 g/mol. The quantitative estimate of drug-likeness (QED) is 0.758. The Balaban J connectivity index is 1.50. The molecule has 4 heterocycles. The number of imidazole rings is 1. The molecule has 0 spiro atoms. The lowest BCUT2D eigenvalue weighted by atomic mass is 9.95. The van der Waals surface area contributed by atoms with Crippen LogP contribution >= 0.6 is 11.3 Å². The van der Waals surface area contributed by atoms with Crippen LogP contribution in [0.3, 0.4) is 0 Å². The highest BCUT2D eigenvalue weighted by Gasteiger charge is 2.41. The Morgan fingerprint density at radius 3 is 2.50 bits per heavy atom. The Hall–Kier alpha value is -0.970. The summed E-state index contributed by atoms with van der Waals surface area (Å²) in [5.74, 6) is 0.970. The minimum atomic E-state index is -3.54. The van der Waals surface area contributed by atoms with E-state index in [9.17, 15) is 16.8 Å². The highest BCUT2D eigenvalue weighted by molar-refractivity contribution is 7.95. The van der Waals surface area contributed by atoms with Crippen LogP contribution in [0.5, 0.6) is 0 Å². The van der Waals surface area contributed by atoms with Crippen LogP contribution < -0.4 is 0 Å². The van der Waals surface area contributed by atoms with Gasteiger partial charge in [0.15, 0.2) is 9.84 Å². The third kappa shape index (κ3) is 3.00. The number of aryl methyl sites for hydroxylation is 2. The molecule has 2 aliphatic rings. The van der Waals surface area contributed by atoms with E-state index in [0.717, 1.165) is 29.2 Å². The van der Waals surface area contributed by atoms with Crippen molar-refractivity contribution in [3.63, 3.8) is 0 Å². The fourth-order valence-corrected chi connectivity index (χ4v) is 9.77. The maximum atomic E-state index is 12.8. The van der Waals surface area contributed by atoms with Crippen LogP contribution in [0.4, 0.5) is 0 Å². The lowest BCUT2D eigenvalue weighted by Crippen LogP contribution is -2.43. The van der Waals surface area contributed by atoms with Gasteiger partial charge in [-0.3, -0.25) is 4.40 Å². The molecule has 2 aromatic heterocycles. The Kier molecular flexibility index (Phi) is 4.45. The first-order chi connectivity index (χ1) is 12.2. The zero-order valence-corrected chi connectivity index (χ0v) is 17.3. The van der Waals surface area contributed by atoms with Crippen molar-refractivity contribution in [1.82, 2.24) is 13.7 Å². The zero-order valence-electron chi connectivity index (χ0n) is 14.9. The van der Waals surface area contributed by atoms with Gasteiger partial charge in [0, 0.05) is 30.1 Å². The standard InChI is InChI=1S/C16H23N3O4S3/c1-11-9-24-16-15(17-12(2)19(11)16)13-3-6-18(7-4-13)26(22,23)14-5-8-25(20,21)10-14/h9,13-14H,3-8,10H2,1-2H3/t14-/m0/s1. The molecule has 2 aromatic rings. The molecule has 0 saturated carbocycles. The summed E-state index contributed by atoms with van der Waals surface area (Å²) in [4.78, 5) is 5.90. The van der Waals surface area contributed by atoms with Crippen LogP contribution in [0.2, 0.25) is 0 Å².